The first-order valence-corrected chi connectivity index (χ1v) is 10.7. The van der Waals surface area contributed by atoms with Crippen molar-refractivity contribution in [1.82, 2.24) is 9.55 Å². The molecule has 8 nitrogen and oxygen atoms in total. The Labute approximate surface area is 200 Å². The van der Waals surface area contributed by atoms with Gasteiger partial charge < -0.3 is 19.5 Å². The van der Waals surface area contributed by atoms with Crippen LogP contribution in [0.4, 0.5) is 10.1 Å². The number of carbonyl (C=O) groups is 1. The summed E-state index contributed by atoms with van der Waals surface area (Å²) < 4.78 is 30.9. The molecule has 9 heteroatoms. The Morgan fingerprint density at radius 1 is 0.971 bits per heavy atom. The van der Waals surface area contributed by atoms with E-state index in [9.17, 15) is 14.0 Å². The van der Waals surface area contributed by atoms with Gasteiger partial charge in [-0.15, -0.1) is 0 Å². The van der Waals surface area contributed by atoms with Gasteiger partial charge in [-0.05, 0) is 54.1 Å². The minimum absolute atomic E-state index is 0.00730. The zero-order valence-corrected chi connectivity index (χ0v) is 19.5. The van der Waals surface area contributed by atoms with Crippen LogP contribution in [-0.2, 0) is 17.9 Å². The number of ether oxygens (including phenoxy) is 3. The summed E-state index contributed by atoms with van der Waals surface area (Å²) >= 11 is 0. The highest BCUT2D eigenvalue weighted by Crippen LogP contribution is 2.38. The van der Waals surface area contributed by atoms with Crippen LogP contribution in [0.3, 0.4) is 0 Å². The van der Waals surface area contributed by atoms with Gasteiger partial charge in [-0.25, -0.2) is 9.37 Å². The second kappa shape index (κ2) is 10.3. The lowest BCUT2D eigenvalue weighted by Gasteiger charge is -2.14. The molecule has 0 aliphatic heterocycles. The average molecular weight is 477 g/mol. The van der Waals surface area contributed by atoms with Crippen LogP contribution >= 0.6 is 0 Å². The number of para-hydroxylation sites is 1. The number of carbonyl (C=O) groups excluding carboxylic acids is 1. The molecular weight excluding hydrogens is 453 g/mol. The number of methoxy groups -OCH3 is 3. The number of halogens is 1. The molecule has 0 radical (unpaired) electrons. The summed E-state index contributed by atoms with van der Waals surface area (Å²) in [5.74, 6) is 1.10. The first-order valence-electron chi connectivity index (χ1n) is 10.7. The smallest absolute Gasteiger partial charge is 0.266 e. The lowest BCUT2D eigenvalue weighted by Crippen LogP contribution is -2.23. The van der Waals surface area contributed by atoms with E-state index in [4.69, 9.17) is 14.2 Å². The molecule has 3 aromatic carbocycles. The van der Waals surface area contributed by atoms with Crippen LogP contribution in [0.5, 0.6) is 17.2 Å². The molecule has 180 valence electrons. The second-order valence-corrected chi connectivity index (χ2v) is 7.62. The van der Waals surface area contributed by atoms with Crippen molar-refractivity contribution in [1.29, 1.82) is 0 Å². The quantitative estimate of drug-likeness (QED) is 0.412. The molecule has 0 saturated carbocycles. The molecule has 0 unspecified atom stereocenters. The van der Waals surface area contributed by atoms with Crippen molar-refractivity contribution in [2.75, 3.05) is 26.6 Å². The highest BCUT2D eigenvalue weighted by Gasteiger charge is 2.16. The van der Waals surface area contributed by atoms with Crippen molar-refractivity contribution >= 4 is 22.5 Å². The molecule has 1 N–H and O–H groups in total. The number of benzene rings is 3. The van der Waals surface area contributed by atoms with Crippen LogP contribution < -0.4 is 25.1 Å². The molecular formula is C26H24FN3O5. The first-order chi connectivity index (χ1) is 17.0. The van der Waals surface area contributed by atoms with E-state index in [1.807, 2.05) is 0 Å². The van der Waals surface area contributed by atoms with Crippen LogP contribution in [0.25, 0.3) is 16.6 Å². The number of nitrogens with zero attached hydrogens (tertiary/aromatic N) is 2. The van der Waals surface area contributed by atoms with Crippen molar-refractivity contribution in [2.24, 2.45) is 0 Å². The molecule has 1 aromatic heterocycles. The summed E-state index contributed by atoms with van der Waals surface area (Å²) in [6.07, 6.45) is 0.0680. The van der Waals surface area contributed by atoms with Gasteiger partial charge in [0.25, 0.3) is 5.56 Å². The summed E-state index contributed by atoms with van der Waals surface area (Å²) in [6.45, 7) is -0.895. The molecule has 0 fully saturated rings. The maximum atomic E-state index is 13.7. The predicted octanol–water partition coefficient (Wildman–Crippen LogP) is 4.06. The molecule has 35 heavy (non-hydrogen) atoms. The highest BCUT2D eigenvalue weighted by molar-refractivity contribution is 5.92. The first kappa shape index (κ1) is 23.7. The fraction of sp³-hybridized carbons (Fsp3) is 0.192. The van der Waals surface area contributed by atoms with Gasteiger partial charge in [0.2, 0.25) is 11.7 Å². The largest absolute Gasteiger partial charge is 0.493 e. The number of amides is 1. The van der Waals surface area contributed by atoms with E-state index in [2.05, 4.69) is 10.3 Å². The minimum atomic E-state index is -0.895. The highest BCUT2D eigenvalue weighted by atomic mass is 19.1. The number of hydrogen-bond acceptors (Lipinski definition) is 6. The number of fused-ring (bicyclic) bond motifs is 1. The standard InChI is InChI=1S/C26H24FN3O5/c1-33-21-12-16(13-22(34-2)25(21)35-3)14-24(31)28-17-8-10-18(11-9-17)30-23(15-27)29-20-7-5-4-6-19(20)26(30)32/h4-13H,14-15H2,1-3H3,(H,28,31). The third kappa shape index (κ3) is 4.79. The van der Waals surface area contributed by atoms with E-state index < -0.39 is 6.67 Å². The summed E-state index contributed by atoms with van der Waals surface area (Å²) in [5.41, 5.74) is 1.73. The second-order valence-electron chi connectivity index (χ2n) is 7.62. The zero-order valence-electron chi connectivity index (χ0n) is 19.5. The molecule has 0 saturated heterocycles. The van der Waals surface area contributed by atoms with Gasteiger partial charge in [0.15, 0.2) is 11.5 Å². The fourth-order valence-electron chi connectivity index (χ4n) is 3.86. The van der Waals surface area contributed by atoms with Crippen molar-refractivity contribution in [2.45, 2.75) is 13.1 Å². The Hall–Kier alpha value is -4.40. The molecule has 4 rings (SSSR count). The Kier molecular flexibility index (Phi) is 6.96. The summed E-state index contributed by atoms with van der Waals surface area (Å²) in [7, 11) is 4.52. The van der Waals surface area contributed by atoms with Gasteiger partial charge in [-0.2, -0.15) is 0 Å². The Morgan fingerprint density at radius 2 is 1.63 bits per heavy atom. The normalized spacial score (nSPS) is 10.7. The monoisotopic (exact) mass is 477 g/mol. The summed E-state index contributed by atoms with van der Waals surface area (Å²) in [4.78, 5) is 29.9. The SMILES string of the molecule is COc1cc(CC(=O)Nc2ccc(-n3c(CF)nc4ccccc4c3=O)cc2)cc(OC)c1OC. The number of aromatic nitrogens is 2. The maximum Gasteiger partial charge on any atom is 0.266 e. The summed E-state index contributed by atoms with van der Waals surface area (Å²) in [6, 6.07) is 16.8. The predicted molar refractivity (Wildman–Crippen MR) is 131 cm³/mol. The Balaban J connectivity index is 1.55. The van der Waals surface area contributed by atoms with E-state index in [-0.39, 0.29) is 23.7 Å². The number of rotatable bonds is 8. The van der Waals surface area contributed by atoms with Gasteiger partial charge >= 0.3 is 0 Å². The van der Waals surface area contributed by atoms with Crippen molar-refractivity contribution in [3.63, 3.8) is 0 Å². The molecule has 1 amide bonds. The van der Waals surface area contributed by atoms with Crippen molar-refractivity contribution in [3.8, 4) is 22.9 Å². The van der Waals surface area contributed by atoms with Gasteiger partial charge in [-0.1, -0.05) is 12.1 Å². The third-order valence-electron chi connectivity index (χ3n) is 5.46. The van der Waals surface area contributed by atoms with Gasteiger partial charge in [0.1, 0.15) is 12.5 Å². The van der Waals surface area contributed by atoms with Crippen LogP contribution in [0.15, 0.2) is 65.5 Å². The molecule has 0 aliphatic carbocycles. The minimum Gasteiger partial charge on any atom is -0.493 e. The van der Waals surface area contributed by atoms with E-state index in [1.54, 1.807) is 60.7 Å². The van der Waals surface area contributed by atoms with Crippen molar-refractivity contribution in [3.05, 3.63) is 82.4 Å². The van der Waals surface area contributed by atoms with E-state index >= 15 is 0 Å². The van der Waals surface area contributed by atoms with E-state index in [1.165, 1.54) is 25.9 Å². The molecule has 0 bridgehead atoms. The Morgan fingerprint density at radius 3 is 2.23 bits per heavy atom. The average Bonchev–Trinajstić information content (AvgIpc) is 2.88. The Bertz CT molecular complexity index is 1410. The van der Waals surface area contributed by atoms with Gasteiger partial charge in [0, 0.05) is 5.69 Å². The lowest BCUT2D eigenvalue weighted by atomic mass is 10.1. The van der Waals surface area contributed by atoms with Crippen molar-refractivity contribution < 1.29 is 23.4 Å². The molecule has 1 heterocycles. The van der Waals surface area contributed by atoms with Crippen LogP contribution in [0, 0.1) is 0 Å². The zero-order chi connectivity index (χ0) is 24.9. The summed E-state index contributed by atoms with van der Waals surface area (Å²) in [5, 5.41) is 3.21. The topological polar surface area (TPSA) is 91.7 Å². The lowest BCUT2D eigenvalue weighted by molar-refractivity contribution is -0.115. The van der Waals surface area contributed by atoms with E-state index in [0.717, 1.165) is 0 Å². The van der Waals surface area contributed by atoms with Crippen LogP contribution in [-0.4, -0.2) is 36.8 Å². The molecule has 0 aliphatic rings. The molecule has 0 spiro atoms. The van der Waals surface area contributed by atoms with Gasteiger partial charge in [0.05, 0.1) is 44.3 Å². The molecule has 0 atom stereocenters. The van der Waals surface area contributed by atoms with Crippen LogP contribution in [0.2, 0.25) is 0 Å². The number of alkyl halides is 1. The third-order valence-corrected chi connectivity index (χ3v) is 5.46. The maximum absolute atomic E-state index is 13.7. The van der Waals surface area contributed by atoms with Crippen LogP contribution in [0.1, 0.15) is 11.4 Å². The number of nitrogens with one attached hydrogen (secondary N) is 1. The molecule has 4 aromatic rings. The number of anilines is 1. The van der Waals surface area contributed by atoms with E-state index in [0.29, 0.717) is 45.1 Å². The fourth-order valence-corrected chi connectivity index (χ4v) is 3.86. The number of hydrogen-bond donors (Lipinski definition) is 1. The van der Waals surface area contributed by atoms with Gasteiger partial charge in [-0.3, -0.25) is 14.2 Å².